The van der Waals surface area contributed by atoms with Gasteiger partial charge in [0.2, 0.25) is 0 Å². The van der Waals surface area contributed by atoms with Crippen LogP contribution in [0, 0.1) is 5.92 Å². The molecule has 100 valence electrons. The maximum absolute atomic E-state index is 3.75. The van der Waals surface area contributed by atoms with E-state index in [0.29, 0.717) is 5.92 Å². The van der Waals surface area contributed by atoms with Crippen molar-refractivity contribution in [3.63, 3.8) is 0 Å². The summed E-state index contributed by atoms with van der Waals surface area (Å²) in [6, 6.07) is 8.85. The predicted molar refractivity (Wildman–Crippen MR) is 83.1 cm³/mol. The summed E-state index contributed by atoms with van der Waals surface area (Å²) in [6.45, 7) is 10.3. The van der Waals surface area contributed by atoms with Crippen molar-refractivity contribution >= 4 is 11.8 Å². The van der Waals surface area contributed by atoms with Gasteiger partial charge in [0.25, 0.3) is 0 Å². The summed E-state index contributed by atoms with van der Waals surface area (Å²) in [5.41, 5.74) is 1.38. The highest BCUT2D eigenvalue weighted by Crippen LogP contribution is 2.20. The van der Waals surface area contributed by atoms with E-state index >= 15 is 0 Å². The maximum Gasteiger partial charge on any atom is 0.0206 e. The van der Waals surface area contributed by atoms with Crippen molar-refractivity contribution in [3.8, 4) is 0 Å². The minimum absolute atomic E-state index is 0.710. The monoisotopic (exact) mass is 263 g/mol. The van der Waals surface area contributed by atoms with Gasteiger partial charge in [0, 0.05) is 11.4 Å². The molecule has 0 bridgehead atoms. The van der Waals surface area contributed by atoms with E-state index in [1.54, 1.807) is 0 Å². The molecule has 1 nitrogen and oxygen atoms in total. The molecule has 18 heavy (non-hydrogen) atoms. The van der Waals surface area contributed by atoms with Crippen LogP contribution in [-0.2, 0) is 6.54 Å². The standard InChI is InChI=1S/C16H25NS/c1-4-5-6-10-18-16-9-7-8-15(11-16)13-17-12-14(2)3/h4,7-9,11,14,17H,1,5-6,10,12-13H2,2-3H3. The molecular weight excluding hydrogens is 238 g/mol. The van der Waals surface area contributed by atoms with E-state index in [-0.39, 0.29) is 0 Å². The summed E-state index contributed by atoms with van der Waals surface area (Å²) in [5.74, 6) is 1.89. The Labute approximate surface area is 116 Å². The van der Waals surface area contributed by atoms with Gasteiger partial charge in [-0.05, 0) is 48.8 Å². The lowest BCUT2D eigenvalue weighted by atomic mass is 10.2. The molecule has 0 fully saturated rings. The van der Waals surface area contributed by atoms with Gasteiger partial charge in [0.15, 0.2) is 0 Å². The SMILES string of the molecule is C=CCCCSc1cccc(CNCC(C)C)c1. The Morgan fingerprint density at radius 1 is 1.39 bits per heavy atom. The zero-order chi connectivity index (χ0) is 13.2. The van der Waals surface area contributed by atoms with E-state index in [1.165, 1.54) is 22.6 Å². The lowest BCUT2D eigenvalue weighted by Crippen LogP contribution is -2.18. The van der Waals surface area contributed by atoms with Crippen molar-refractivity contribution in [2.45, 2.75) is 38.1 Å². The Balaban J connectivity index is 2.34. The molecule has 0 spiro atoms. The molecule has 0 aromatic heterocycles. The summed E-state index contributed by atoms with van der Waals surface area (Å²) in [4.78, 5) is 1.38. The number of nitrogens with one attached hydrogen (secondary N) is 1. The summed E-state index contributed by atoms with van der Waals surface area (Å²) in [6.07, 6.45) is 4.32. The van der Waals surface area contributed by atoms with Crippen molar-refractivity contribution in [3.05, 3.63) is 42.5 Å². The number of allylic oxidation sites excluding steroid dienone is 1. The zero-order valence-electron chi connectivity index (χ0n) is 11.6. The third-order valence-corrected chi connectivity index (χ3v) is 3.68. The van der Waals surface area contributed by atoms with Gasteiger partial charge in [-0.3, -0.25) is 0 Å². The van der Waals surface area contributed by atoms with Crippen LogP contribution in [0.3, 0.4) is 0 Å². The molecule has 1 aromatic rings. The van der Waals surface area contributed by atoms with Gasteiger partial charge in [-0.25, -0.2) is 0 Å². The van der Waals surface area contributed by atoms with Crippen LogP contribution in [0.2, 0.25) is 0 Å². The van der Waals surface area contributed by atoms with Crippen LogP contribution in [0.4, 0.5) is 0 Å². The Morgan fingerprint density at radius 3 is 2.94 bits per heavy atom. The second-order valence-corrected chi connectivity index (χ2v) is 6.12. The molecule has 0 unspecified atom stereocenters. The first-order chi connectivity index (χ1) is 8.72. The Morgan fingerprint density at radius 2 is 2.22 bits per heavy atom. The quantitative estimate of drug-likeness (QED) is 0.400. The van der Waals surface area contributed by atoms with E-state index in [9.17, 15) is 0 Å². The minimum atomic E-state index is 0.710. The molecule has 0 amide bonds. The van der Waals surface area contributed by atoms with Gasteiger partial charge in [-0.1, -0.05) is 32.1 Å². The molecule has 0 radical (unpaired) electrons. The molecule has 0 saturated carbocycles. The third kappa shape index (κ3) is 6.87. The molecular formula is C16H25NS. The lowest BCUT2D eigenvalue weighted by molar-refractivity contribution is 0.552. The first-order valence-electron chi connectivity index (χ1n) is 6.75. The number of rotatable bonds is 9. The van der Waals surface area contributed by atoms with E-state index in [2.05, 4.69) is 50.0 Å². The van der Waals surface area contributed by atoms with Crippen LogP contribution in [-0.4, -0.2) is 12.3 Å². The summed E-state index contributed by atoms with van der Waals surface area (Å²) >= 11 is 1.94. The van der Waals surface area contributed by atoms with Crippen LogP contribution in [0.5, 0.6) is 0 Å². The van der Waals surface area contributed by atoms with Crippen LogP contribution in [0.25, 0.3) is 0 Å². The average Bonchev–Trinajstić information content (AvgIpc) is 2.35. The fourth-order valence-electron chi connectivity index (χ4n) is 1.67. The van der Waals surface area contributed by atoms with Crippen LogP contribution in [0.1, 0.15) is 32.3 Å². The smallest absolute Gasteiger partial charge is 0.0206 e. The molecule has 0 heterocycles. The van der Waals surface area contributed by atoms with Gasteiger partial charge < -0.3 is 5.32 Å². The molecule has 0 aliphatic heterocycles. The number of thioether (sulfide) groups is 1. The maximum atomic E-state index is 3.75. The summed E-state index contributed by atoms with van der Waals surface area (Å²) < 4.78 is 0. The number of benzene rings is 1. The molecule has 1 N–H and O–H groups in total. The van der Waals surface area contributed by atoms with Crippen LogP contribution in [0.15, 0.2) is 41.8 Å². The highest BCUT2D eigenvalue weighted by molar-refractivity contribution is 7.99. The van der Waals surface area contributed by atoms with E-state index in [0.717, 1.165) is 19.5 Å². The fourth-order valence-corrected chi connectivity index (χ4v) is 2.62. The largest absolute Gasteiger partial charge is 0.312 e. The van der Waals surface area contributed by atoms with Gasteiger partial charge in [-0.2, -0.15) is 0 Å². The number of unbranched alkanes of at least 4 members (excludes halogenated alkanes) is 1. The molecule has 0 aliphatic rings. The molecule has 1 rings (SSSR count). The minimum Gasteiger partial charge on any atom is -0.312 e. The van der Waals surface area contributed by atoms with Gasteiger partial charge >= 0.3 is 0 Å². The van der Waals surface area contributed by atoms with Crippen molar-refractivity contribution in [2.24, 2.45) is 5.92 Å². The first kappa shape index (κ1) is 15.3. The van der Waals surface area contributed by atoms with Gasteiger partial charge in [-0.15, -0.1) is 18.3 Å². The number of hydrogen-bond donors (Lipinski definition) is 1. The Hall–Kier alpha value is -0.730. The number of hydrogen-bond acceptors (Lipinski definition) is 2. The predicted octanol–water partition coefficient (Wildman–Crippen LogP) is 4.49. The average molecular weight is 263 g/mol. The zero-order valence-corrected chi connectivity index (χ0v) is 12.4. The van der Waals surface area contributed by atoms with Crippen molar-refractivity contribution in [2.75, 3.05) is 12.3 Å². The van der Waals surface area contributed by atoms with Gasteiger partial charge in [0.1, 0.15) is 0 Å². The molecule has 1 aromatic carbocycles. The van der Waals surface area contributed by atoms with Crippen molar-refractivity contribution in [1.29, 1.82) is 0 Å². The summed E-state index contributed by atoms with van der Waals surface area (Å²) in [7, 11) is 0. The van der Waals surface area contributed by atoms with E-state index < -0.39 is 0 Å². The summed E-state index contributed by atoms with van der Waals surface area (Å²) in [5, 5.41) is 3.48. The second-order valence-electron chi connectivity index (χ2n) is 4.95. The van der Waals surface area contributed by atoms with Crippen LogP contribution >= 0.6 is 11.8 Å². The molecule has 0 atom stereocenters. The fraction of sp³-hybridized carbons (Fsp3) is 0.500. The Kier molecular flexibility index (Phi) is 7.86. The Bertz CT molecular complexity index is 347. The highest BCUT2D eigenvalue weighted by Gasteiger charge is 1.98. The highest BCUT2D eigenvalue weighted by atomic mass is 32.2. The van der Waals surface area contributed by atoms with Crippen molar-refractivity contribution in [1.82, 2.24) is 5.32 Å². The van der Waals surface area contributed by atoms with E-state index in [1.807, 2.05) is 17.8 Å². The van der Waals surface area contributed by atoms with Crippen molar-refractivity contribution < 1.29 is 0 Å². The molecule has 0 aliphatic carbocycles. The van der Waals surface area contributed by atoms with Gasteiger partial charge in [0.05, 0.1) is 0 Å². The normalized spacial score (nSPS) is 10.8. The first-order valence-corrected chi connectivity index (χ1v) is 7.74. The molecule has 2 heteroatoms. The van der Waals surface area contributed by atoms with E-state index in [4.69, 9.17) is 0 Å². The topological polar surface area (TPSA) is 12.0 Å². The van der Waals surface area contributed by atoms with Crippen LogP contribution < -0.4 is 5.32 Å². The third-order valence-electron chi connectivity index (χ3n) is 2.60. The lowest BCUT2D eigenvalue weighted by Gasteiger charge is -2.08. The molecule has 0 saturated heterocycles. The second kappa shape index (κ2) is 9.23.